The van der Waals surface area contributed by atoms with Gasteiger partial charge in [0, 0.05) is 12.7 Å². The van der Waals surface area contributed by atoms with Crippen LogP contribution in [0, 0.1) is 0 Å². The Morgan fingerprint density at radius 3 is 2.27 bits per heavy atom. The van der Waals surface area contributed by atoms with Crippen molar-refractivity contribution in [2.75, 3.05) is 13.7 Å². The lowest BCUT2D eigenvalue weighted by molar-refractivity contribution is -0.377. The molecule has 0 spiro atoms. The van der Waals surface area contributed by atoms with E-state index in [4.69, 9.17) is 42.6 Å². The Hall–Kier alpha value is -1.99. The molecule has 0 bridgehead atoms. The quantitative estimate of drug-likeness (QED) is 0.498. The number of rotatable bonds is 7. The van der Waals surface area contributed by atoms with Crippen molar-refractivity contribution in [2.24, 2.45) is 0 Å². The van der Waals surface area contributed by atoms with Crippen molar-refractivity contribution < 1.29 is 47.0 Å². The van der Waals surface area contributed by atoms with Gasteiger partial charge in [-0.05, 0) is 26.3 Å². The number of ether oxygens (including phenoxy) is 9. The number of fused-ring (bicyclic) bond motifs is 2. The fourth-order valence-corrected chi connectivity index (χ4v) is 5.81. The molecule has 11 atom stereocenters. The van der Waals surface area contributed by atoms with Crippen LogP contribution in [0.25, 0.3) is 0 Å². The molecule has 0 saturated carbocycles. The van der Waals surface area contributed by atoms with E-state index in [1.807, 2.05) is 81.4 Å². The van der Waals surface area contributed by atoms with E-state index in [1.165, 1.54) is 0 Å². The first kappa shape index (κ1) is 28.1. The van der Waals surface area contributed by atoms with E-state index < -0.39 is 73.6 Å². The van der Waals surface area contributed by atoms with E-state index in [0.29, 0.717) is 0 Å². The van der Waals surface area contributed by atoms with Crippen LogP contribution in [0.4, 0.5) is 4.39 Å². The zero-order valence-electron chi connectivity index (χ0n) is 23.1. The molecule has 0 aliphatic carbocycles. The minimum absolute atomic E-state index is 0.136. The lowest BCUT2D eigenvalue weighted by Gasteiger charge is -2.48. The van der Waals surface area contributed by atoms with Gasteiger partial charge in [-0.3, -0.25) is 0 Å². The molecule has 4 aliphatic rings. The smallest absolute Gasteiger partial charge is 0.187 e. The normalized spacial score (nSPS) is 40.8. The molecule has 10 heteroatoms. The van der Waals surface area contributed by atoms with Crippen LogP contribution in [-0.4, -0.2) is 81.0 Å². The van der Waals surface area contributed by atoms with E-state index in [-0.39, 0.29) is 13.2 Å². The third kappa shape index (κ3) is 5.70. The molecule has 2 aromatic rings. The third-order valence-corrected chi connectivity index (χ3v) is 7.71. The van der Waals surface area contributed by atoms with Crippen molar-refractivity contribution in [3.05, 3.63) is 71.8 Å². The molecule has 0 amide bonds. The number of hydrogen-bond acceptors (Lipinski definition) is 9. The molecule has 6 rings (SSSR count). The van der Waals surface area contributed by atoms with Crippen molar-refractivity contribution >= 4 is 0 Å². The fourth-order valence-electron chi connectivity index (χ4n) is 5.81. The second kappa shape index (κ2) is 11.7. The summed E-state index contributed by atoms with van der Waals surface area (Å²) >= 11 is 0. The fraction of sp³-hybridized carbons (Fsp3) is 0.600. The second-order valence-corrected chi connectivity index (χ2v) is 11.0. The van der Waals surface area contributed by atoms with E-state index >= 15 is 4.39 Å². The molecule has 40 heavy (non-hydrogen) atoms. The summed E-state index contributed by atoms with van der Waals surface area (Å²) in [7, 11) is 1.56. The van der Waals surface area contributed by atoms with Gasteiger partial charge in [0.15, 0.2) is 30.8 Å². The Kier molecular flexibility index (Phi) is 8.24. The van der Waals surface area contributed by atoms with Gasteiger partial charge < -0.3 is 42.6 Å². The molecule has 4 heterocycles. The lowest BCUT2D eigenvalue weighted by Crippen LogP contribution is -2.64. The monoisotopic (exact) mass is 560 g/mol. The third-order valence-electron chi connectivity index (χ3n) is 7.71. The van der Waals surface area contributed by atoms with Gasteiger partial charge >= 0.3 is 0 Å². The van der Waals surface area contributed by atoms with Crippen LogP contribution in [0.5, 0.6) is 0 Å². The number of methoxy groups -OCH3 is 1. The van der Waals surface area contributed by atoms with Crippen molar-refractivity contribution in [2.45, 2.75) is 101 Å². The van der Waals surface area contributed by atoms with Gasteiger partial charge in [-0.15, -0.1) is 0 Å². The molecule has 2 aromatic carbocycles. The van der Waals surface area contributed by atoms with Crippen LogP contribution in [-0.2, 0) is 49.2 Å². The first-order valence-electron chi connectivity index (χ1n) is 13.8. The maximum Gasteiger partial charge on any atom is 0.187 e. The van der Waals surface area contributed by atoms with Gasteiger partial charge in [0.25, 0.3) is 0 Å². The number of hydrogen-bond donors (Lipinski definition) is 0. The molecule has 0 unspecified atom stereocenters. The highest BCUT2D eigenvalue weighted by Gasteiger charge is 2.58. The molecule has 0 aromatic heterocycles. The van der Waals surface area contributed by atoms with Crippen molar-refractivity contribution in [1.29, 1.82) is 0 Å². The summed E-state index contributed by atoms with van der Waals surface area (Å²) in [6.07, 6.45) is -8.83. The molecule has 0 radical (unpaired) electrons. The average molecular weight is 561 g/mol. The van der Waals surface area contributed by atoms with E-state index in [1.54, 1.807) is 7.11 Å². The number of halogens is 1. The van der Waals surface area contributed by atoms with Crippen LogP contribution >= 0.6 is 0 Å². The van der Waals surface area contributed by atoms with E-state index in [0.717, 1.165) is 11.1 Å². The summed E-state index contributed by atoms with van der Waals surface area (Å²) in [6, 6.07) is 19.0. The summed E-state index contributed by atoms with van der Waals surface area (Å²) < 4.78 is 71.3. The van der Waals surface area contributed by atoms with Gasteiger partial charge in [-0.2, -0.15) is 0 Å². The van der Waals surface area contributed by atoms with Crippen molar-refractivity contribution in [3.8, 4) is 0 Å². The van der Waals surface area contributed by atoms with Crippen LogP contribution in [0.1, 0.15) is 38.2 Å². The molecule has 4 fully saturated rings. The second-order valence-electron chi connectivity index (χ2n) is 11.0. The molecule has 4 saturated heterocycles. The molecular formula is C30H37FO9. The summed E-state index contributed by atoms with van der Waals surface area (Å²) in [5.74, 6) is -0.872. The number of alkyl halides is 1. The van der Waals surface area contributed by atoms with Gasteiger partial charge in [-0.25, -0.2) is 4.39 Å². The summed E-state index contributed by atoms with van der Waals surface area (Å²) in [4.78, 5) is 0. The number of benzene rings is 2. The Balaban J connectivity index is 1.23. The highest BCUT2D eigenvalue weighted by atomic mass is 19.1. The van der Waals surface area contributed by atoms with Gasteiger partial charge in [-0.1, -0.05) is 60.7 Å². The largest absolute Gasteiger partial charge is 0.365 e. The standard InChI is InChI=1S/C30H37FO9/c1-17-22(25-26(28(32-4)35-17)40-30(2,3)39-25)37-29-24(33-15-18-11-7-5-8-12-18)21(31)23-20(36-29)16-34-27(38-23)19-13-9-6-10-14-19/h5-14,17,20-29H,15-16H2,1-4H3/t17-,20+,21-,22-,23+,24-,25+,26+,27+,28+,29+/m0/s1. The maximum absolute atomic E-state index is 16.4. The molecule has 0 N–H and O–H groups in total. The highest BCUT2D eigenvalue weighted by molar-refractivity contribution is 5.17. The maximum atomic E-state index is 16.4. The minimum Gasteiger partial charge on any atom is -0.365 e. The topological polar surface area (TPSA) is 83.1 Å². The predicted molar refractivity (Wildman–Crippen MR) is 139 cm³/mol. The molecule has 4 aliphatic heterocycles. The Morgan fingerprint density at radius 2 is 1.55 bits per heavy atom. The summed E-state index contributed by atoms with van der Waals surface area (Å²) in [6.45, 7) is 5.82. The first-order chi connectivity index (χ1) is 19.3. The Morgan fingerprint density at radius 1 is 0.850 bits per heavy atom. The van der Waals surface area contributed by atoms with Crippen LogP contribution in [0.2, 0.25) is 0 Å². The zero-order valence-corrected chi connectivity index (χ0v) is 23.1. The molecule has 218 valence electrons. The van der Waals surface area contributed by atoms with E-state index in [2.05, 4.69) is 0 Å². The van der Waals surface area contributed by atoms with Crippen LogP contribution in [0.3, 0.4) is 0 Å². The van der Waals surface area contributed by atoms with E-state index in [9.17, 15) is 0 Å². The van der Waals surface area contributed by atoms with Gasteiger partial charge in [0.05, 0.1) is 19.3 Å². The minimum atomic E-state index is -1.55. The zero-order chi connectivity index (χ0) is 27.9. The highest BCUT2D eigenvalue weighted by Crippen LogP contribution is 2.42. The molecule has 9 nitrogen and oxygen atoms in total. The SMILES string of the molecule is CO[C@@H]1O[C@@H](C)[C@H](O[C@H]2O[C@@H]3CO[C@@H](c4ccccc4)O[C@H]3[C@H](F)[C@@H]2OCc2ccccc2)[C@H]2OC(C)(C)O[C@@H]12. The molecular weight excluding hydrogens is 523 g/mol. The summed E-state index contributed by atoms with van der Waals surface area (Å²) in [5.41, 5.74) is 1.71. The lowest BCUT2D eigenvalue weighted by atomic mass is 9.97. The first-order valence-corrected chi connectivity index (χ1v) is 13.8. The van der Waals surface area contributed by atoms with Crippen LogP contribution in [0.15, 0.2) is 60.7 Å². The van der Waals surface area contributed by atoms with Gasteiger partial charge in [0.2, 0.25) is 0 Å². The van der Waals surface area contributed by atoms with Gasteiger partial charge in [0.1, 0.15) is 36.6 Å². The Labute approximate surface area is 233 Å². The van der Waals surface area contributed by atoms with Crippen molar-refractivity contribution in [3.63, 3.8) is 0 Å². The van der Waals surface area contributed by atoms with Crippen molar-refractivity contribution in [1.82, 2.24) is 0 Å². The van der Waals surface area contributed by atoms with Crippen LogP contribution < -0.4 is 0 Å². The predicted octanol–water partition coefficient (Wildman–Crippen LogP) is 4.05. The Bertz CT molecular complexity index is 1100. The summed E-state index contributed by atoms with van der Waals surface area (Å²) in [5, 5.41) is 0. The average Bonchev–Trinajstić information content (AvgIpc) is 3.30.